The summed E-state index contributed by atoms with van der Waals surface area (Å²) in [5, 5.41) is 18.8. The van der Waals surface area contributed by atoms with Crippen LogP contribution >= 0.6 is 11.6 Å². The molecule has 4 atom stereocenters. The van der Waals surface area contributed by atoms with Crippen molar-refractivity contribution in [2.45, 2.75) is 63.5 Å². The Morgan fingerprint density at radius 3 is 2.71 bits per heavy atom. The van der Waals surface area contributed by atoms with E-state index in [1.807, 2.05) is 43.1 Å². The maximum Gasteiger partial charge on any atom is 0.406 e. The Kier molecular flexibility index (Phi) is 9.39. The molecule has 3 N–H and O–H groups in total. The molecule has 8 nitrogen and oxygen atoms in total. The lowest BCUT2D eigenvalue weighted by molar-refractivity contribution is -0.141. The molecular formula is C29H40ClN3O5. The molecule has 2 amide bonds. The topological polar surface area (TPSA) is 104 Å². The lowest BCUT2D eigenvalue weighted by atomic mass is 9.72. The molecule has 0 spiro atoms. The molecule has 1 saturated carbocycles. The maximum absolute atomic E-state index is 13.5. The highest BCUT2D eigenvalue weighted by molar-refractivity contribution is 6.33. The molecule has 1 saturated heterocycles. The monoisotopic (exact) mass is 545 g/mol. The van der Waals surface area contributed by atoms with Gasteiger partial charge in [0.2, 0.25) is 5.91 Å². The van der Waals surface area contributed by atoms with Crippen LogP contribution in [0, 0.1) is 18.8 Å². The number of aryl methyl sites for hydroxylation is 1. The SMILES string of the molecule is CNC(=O)OCCC[C@@](O)(c1cccc(Cl)c1-c1ccc(C)o1)[C@@H]1CCCN(C(=O)[C@@H]2CC[C@H](NC)C2)C1. The Bertz CT molecular complexity index is 1120. The number of aliphatic hydroxyl groups is 1. The van der Waals surface area contributed by atoms with Gasteiger partial charge < -0.3 is 29.8 Å². The van der Waals surface area contributed by atoms with Gasteiger partial charge in [-0.1, -0.05) is 23.7 Å². The zero-order chi connectivity index (χ0) is 27.3. The lowest BCUT2D eigenvalue weighted by Gasteiger charge is -2.44. The molecule has 38 heavy (non-hydrogen) atoms. The molecule has 2 aliphatic rings. The van der Waals surface area contributed by atoms with Crippen LogP contribution in [0.15, 0.2) is 34.7 Å². The molecule has 208 valence electrons. The van der Waals surface area contributed by atoms with Crippen molar-refractivity contribution in [3.05, 3.63) is 46.7 Å². The number of piperidine rings is 1. The fraction of sp³-hybridized carbons (Fsp3) is 0.586. The Morgan fingerprint density at radius 1 is 1.21 bits per heavy atom. The smallest absolute Gasteiger partial charge is 0.406 e. The van der Waals surface area contributed by atoms with Gasteiger partial charge in [0.1, 0.15) is 11.5 Å². The van der Waals surface area contributed by atoms with Crippen LogP contribution in [0.3, 0.4) is 0 Å². The van der Waals surface area contributed by atoms with Crippen molar-refractivity contribution >= 4 is 23.6 Å². The fourth-order valence-corrected chi connectivity index (χ4v) is 6.40. The van der Waals surface area contributed by atoms with E-state index in [1.54, 1.807) is 6.07 Å². The van der Waals surface area contributed by atoms with Crippen LogP contribution in [0.1, 0.15) is 56.3 Å². The number of alkyl carbamates (subject to hydrolysis) is 1. The third-order valence-corrected chi connectivity index (χ3v) is 8.52. The van der Waals surface area contributed by atoms with Crippen LogP contribution in [0.2, 0.25) is 5.02 Å². The molecule has 1 aliphatic heterocycles. The molecule has 2 fully saturated rings. The van der Waals surface area contributed by atoms with E-state index >= 15 is 0 Å². The van der Waals surface area contributed by atoms with Gasteiger partial charge in [0.05, 0.1) is 17.2 Å². The molecule has 1 aromatic carbocycles. The summed E-state index contributed by atoms with van der Waals surface area (Å²) < 4.78 is 11.2. The average Bonchev–Trinajstić information content (AvgIpc) is 3.59. The van der Waals surface area contributed by atoms with E-state index in [0.29, 0.717) is 53.9 Å². The Labute approximate surface area is 230 Å². The van der Waals surface area contributed by atoms with E-state index in [9.17, 15) is 14.7 Å². The minimum atomic E-state index is -1.31. The number of ether oxygens (including phenoxy) is 1. The summed E-state index contributed by atoms with van der Waals surface area (Å²) in [6.45, 7) is 3.20. The number of hydrogen-bond donors (Lipinski definition) is 3. The summed E-state index contributed by atoms with van der Waals surface area (Å²) in [6, 6.07) is 9.65. The van der Waals surface area contributed by atoms with Crippen LogP contribution in [0.5, 0.6) is 0 Å². The van der Waals surface area contributed by atoms with Crippen molar-refractivity contribution in [2.75, 3.05) is 33.8 Å². The number of likely N-dealkylation sites (tertiary alicyclic amines) is 1. The van der Waals surface area contributed by atoms with Crippen LogP contribution < -0.4 is 10.6 Å². The normalized spacial score (nSPS) is 23.2. The number of nitrogens with one attached hydrogen (secondary N) is 2. The van der Waals surface area contributed by atoms with E-state index in [1.165, 1.54) is 7.05 Å². The first-order valence-corrected chi connectivity index (χ1v) is 14.0. The van der Waals surface area contributed by atoms with E-state index in [2.05, 4.69) is 10.6 Å². The zero-order valence-corrected chi connectivity index (χ0v) is 23.4. The van der Waals surface area contributed by atoms with Crippen LogP contribution in [0.25, 0.3) is 11.3 Å². The average molecular weight is 546 g/mol. The number of nitrogens with zero attached hydrogens (tertiary/aromatic N) is 1. The van der Waals surface area contributed by atoms with Gasteiger partial charge in [-0.15, -0.1) is 0 Å². The molecule has 2 heterocycles. The van der Waals surface area contributed by atoms with Gasteiger partial charge in [-0.05, 0) is 82.7 Å². The zero-order valence-electron chi connectivity index (χ0n) is 22.6. The van der Waals surface area contributed by atoms with Crippen molar-refractivity contribution in [3.8, 4) is 11.3 Å². The van der Waals surface area contributed by atoms with Crippen LogP contribution in [-0.2, 0) is 15.1 Å². The first-order chi connectivity index (χ1) is 18.3. The maximum atomic E-state index is 13.5. The lowest BCUT2D eigenvalue weighted by Crippen LogP contribution is -2.49. The number of furan rings is 1. The molecular weight excluding hydrogens is 506 g/mol. The number of halogens is 1. The van der Waals surface area contributed by atoms with Gasteiger partial charge in [-0.2, -0.15) is 0 Å². The fourth-order valence-electron chi connectivity index (χ4n) is 6.13. The van der Waals surface area contributed by atoms with Crippen molar-refractivity contribution < 1.29 is 23.8 Å². The third-order valence-electron chi connectivity index (χ3n) is 8.20. The van der Waals surface area contributed by atoms with Gasteiger partial charge in [0.15, 0.2) is 0 Å². The Morgan fingerprint density at radius 2 is 2.03 bits per heavy atom. The number of hydrogen-bond acceptors (Lipinski definition) is 6. The Hall–Kier alpha value is -2.55. The van der Waals surface area contributed by atoms with Gasteiger partial charge >= 0.3 is 6.09 Å². The second-order valence-electron chi connectivity index (χ2n) is 10.6. The van der Waals surface area contributed by atoms with Crippen molar-refractivity contribution in [3.63, 3.8) is 0 Å². The predicted octanol–water partition coefficient (Wildman–Crippen LogP) is 4.86. The van der Waals surface area contributed by atoms with Crippen LogP contribution in [-0.4, -0.2) is 61.8 Å². The number of rotatable bonds is 9. The molecule has 1 aliphatic carbocycles. The van der Waals surface area contributed by atoms with Crippen molar-refractivity contribution in [2.24, 2.45) is 11.8 Å². The van der Waals surface area contributed by atoms with E-state index in [0.717, 1.165) is 37.9 Å². The highest BCUT2D eigenvalue weighted by Gasteiger charge is 2.44. The largest absolute Gasteiger partial charge is 0.461 e. The molecule has 1 aromatic heterocycles. The molecule has 9 heteroatoms. The summed E-state index contributed by atoms with van der Waals surface area (Å²) in [5.74, 6) is 1.34. The minimum Gasteiger partial charge on any atom is -0.461 e. The highest BCUT2D eigenvalue weighted by Crippen LogP contribution is 2.46. The number of carbonyl (C=O) groups excluding carboxylic acids is 2. The first-order valence-electron chi connectivity index (χ1n) is 13.7. The first kappa shape index (κ1) is 28.5. The summed E-state index contributed by atoms with van der Waals surface area (Å²) >= 11 is 6.71. The quantitative estimate of drug-likeness (QED) is 0.389. The predicted molar refractivity (Wildman–Crippen MR) is 147 cm³/mol. The Balaban J connectivity index is 1.64. The number of amides is 2. The summed E-state index contributed by atoms with van der Waals surface area (Å²) in [5.41, 5.74) is 0.0255. The highest BCUT2D eigenvalue weighted by atomic mass is 35.5. The second kappa shape index (κ2) is 12.5. The molecule has 2 aromatic rings. The van der Waals surface area contributed by atoms with Gasteiger partial charge in [0.25, 0.3) is 0 Å². The van der Waals surface area contributed by atoms with Crippen molar-refractivity contribution in [1.82, 2.24) is 15.5 Å². The molecule has 0 radical (unpaired) electrons. The van der Waals surface area contributed by atoms with E-state index in [4.69, 9.17) is 20.8 Å². The number of benzene rings is 1. The summed E-state index contributed by atoms with van der Waals surface area (Å²) in [7, 11) is 3.46. The standard InChI is InChI=1S/C29H40ClN3O5/c1-19-10-13-25(38-19)26-23(8-4-9-24(26)30)29(36,14-6-16-37-28(35)32-3)21-7-5-15-33(18-21)27(34)20-11-12-22(17-20)31-2/h4,8-10,13,20-22,31,36H,5-7,11-12,14-18H2,1-3H3,(H,32,35)/t20-,21-,22+,29+/m1/s1. The summed E-state index contributed by atoms with van der Waals surface area (Å²) in [6.07, 6.45) is 4.62. The van der Waals surface area contributed by atoms with Crippen LogP contribution in [0.4, 0.5) is 4.79 Å². The van der Waals surface area contributed by atoms with E-state index < -0.39 is 11.7 Å². The minimum absolute atomic E-state index is 0.0214. The number of carbonyl (C=O) groups is 2. The summed E-state index contributed by atoms with van der Waals surface area (Å²) in [4.78, 5) is 27.1. The van der Waals surface area contributed by atoms with Crippen molar-refractivity contribution in [1.29, 1.82) is 0 Å². The van der Waals surface area contributed by atoms with Gasteiger partial charge in [-0.25, -0.2) is 4.79 Å². The van der Waals surface area contributed by atoms with Gasteiger partial charge in [-0.3, -0.25) is 4.79 Å². The second-order valence-corrected chi connectivity index (χ2v) is 11.0. The molecule has 0 bridgehead atoms. The van der Waals surface area contributed by atoms with E-state index in [-0.39, 0.29) is 24.3 Å². The van der Waals surface area contributed by atoms with Gasteiger partial charge in [0, 0.05) is 43.6 Å². The third kappa shape index (κ3) is 6.19. The molecule has 0 unspecified atom stereocenters. The molecule has 4 rings (SSSR count).